The summed E-state index contributed by atoms with van der Waals surface area (Å²) < 4.78 is 12.5. The van der Waals surface area contributed by atoms with Crippen molar-refractivity contribution in [1.29, 1.82) is 0 Å². The van der Waals surface area contributed by atoms with Crippen LogP contribution in [-0.4, -0.2) is 9.32 Å². The second kappa shape index (κ2) is 5.04. The Morgan fingerprint density at radius 2 is 1.50 bits per heavy atom. The van der Waals surface area contributed by atoms with Gasteiger partial charge in [-0.1, -0.05) is 36.4 Å². The molecule has 94 valence electrons. The van der Waals surface area contributed by atoms with Gasteiger partial charge in [-0.3, -0.25) is 0 Å². The molecule has 18 heavy (non-hydrogen) atoms. The Morgan fingerprint density at radius 3 is 2.11 bits per heavy atom. The molecule has 0 heterocycles. The van der Waals surface area contributed by atoms with E-state index < -0.39 is 16.4 Å². The van der Waals surface area contributed by atoms with E-state index in [9.17, 15) is 9.32 Å². The molecule has 0 aliphatic rings. The van der Waals surface area contributed by atoms with Crippen LogP contribution in [0, 0.1) is 0 Å². The highest BCUT2D eigenvalue weighted by atomic mass is 32.2. The van der Waals surface area contributed by atoms with Crippen LogP contribution in [0.1, 0.15) is 19.4 Å². The van der Waals surface area contributed by atoms with E-state index >= 15 is 0 Å². The minimum absolute atomic E-state index is 0.663. The summed E-state index contributed by atoms with van der Waals surface area (Å²) in [7, 11) is -1.26. The van der Waals surface area contributed by atoms with Crippen molar-refractivity contribution in [2.45, 2.75) is 29.2 Å². The fraction of sp³-hybridized carbons (Fsp3) is 0.200. The van der Waals surface area contributed by atoms with Gasteiger partial charge >= 0.3 is 0 Å². The number of hydrogen-bond acceptors (Lipinski definition) is 2. The highest BCUT2D eigenvalue weighted by molar-refractivity contribution is 7.85. The van der Waals surface area contributed by atoms with E-state index in [0.29, 0.717) is 10.5 Å². The van der Waals surface area contributed by atoms with Crippen molar-refractivity contribution in [3.05, 3.63) is 60.2 Å². The minimum Gasteiger partial charge on any atom is -0.386 e. The first-order valence-electron chi connectivity index (χ1n) is 5.79. The highest BCUT2D eigenvalue weighted by Gasteiger charge is 2.22. The van der Waals surface area contributed by atoms with Crippen molar-refractivity contribution in [2.24, 2.45) is 0 Å². The molecule has 0 saturated heterocycles. The van der Waals surface area contributed by atoms with E-state index in [1.165, 1.54) is 0 Å². The number of rotatable bonds is 3. The molecule has 0 fully saturated rings. The maximum Gasteiger partial charge on any atom is 0.0853 e. The third kappa shape index (κ3) is 2.68. The van der Waals surface area contributed by atoms with Crippen LogP contribution in [-0.2, 0) is 16.4 Å². The zero-order valence-electron chi connectivity index (χ0n) is 10.5. The average Bonchev–Trinajstić information content (AvgIpc) is 2.38. The van der Waals surface area contributed by atoms with Crippen molar-refractivity contribution in [2.75, 3.05) is 0 Å². The zero-order chi connectivity index (χ0) is 13.2. The van der Waals surface area contributed by atoms with Gasteiger partial charge in [0.25, 0.3) is 0 Å². The monoisotopic (exact) mass is 260 g/mol. The summed E-state index contributed by atoms with van der Waals surface area (Å²) >= 11 is 0. The largest absolute Gasteiger partial charge is 0.386 e. The van der Waals surface area contributed by atoms with Gasteiger partial charge in [0.05, 0.1) is 16.4 Å². The Labute approximate surface area is 110 Å². The average molecular weight is 260 g/mol. The Hall–Kier alpha value is -1.45. The minimum atomic E-state index is -1.26. The molecule has 1 atom stereocenters. The van der Waals surface area contributed by atoms with Gasteiger partial charge in [0.15, 0.2) is 0 Å². The van der Waals surface area contributed by atoms with Gasteiger partial charge in [-0.2, -0.15) is 0 Å². The standard InChI is InChI=1S/C15H16O2S/c1-15(2,16)13-10-6-7-11-14(13)18(17)12-8-4-3-5-9-12/h3-11,16H,1-2H3. The molecule has 0 radical (unpaired) electrons. The van der Waals surface area contributed by atoms with E-state index in [1.54, 1.807) is 19.9 Å². The van der Waals surface area contributed by atoms with Crippen molar-refractivity contribution >= 4 is 10.8 Å². The molecule has 1 N–H and O–H groups in total. The van der Waals surface area contributed by atoms with Gasteiger partial charge in [0, 0.05) is 9.79 Å². The molecule has 1 unspecified atom stereocenters. The normalized spacial score (nSPS) is 13.3. The molecule has 2 nitrogen and oxygen atoms in total. The number of aliphatic hydroxyl groups is 1. The van der Waals surface area contributed by atoms with Gasteiger partial charge in [0.1, 0.15) is 0 Å². The molecule has 0 amide bonds. The van der Waals surface area contributed by atoms with Crippen LogP contribution >= 0.6 is 0 Å². The van der Waals surface area contributed by atoms with Crippen LogP contribution in [0.2, 0.25) is 0 Å². The summed E-state index contributed by atoms with van der Waals surface area (Å²) in [5, 5.41) is 10.1. The third-order valence-corrected chi connectivity index (χ3v) is 4.16. The smallest absolute Gasteiger partial charge is 0.0853 e. The lowest BCUT2D eigenvalue weighted by Gasteiger charge is -2.21. The summed E-state index contributed by atoms with van der Waals surface area (Å²) in [4.78, 5) is 1.41. The predicted octanol–water partition coefficient (Wildman–Crippen LogP) is 3.08. The fourth-order valence-corrected chi connectivity index (χ4v) is 3.18. The molecule has 0 aliphatic carbocycles. The van der Waals surface area contributed by atoms with Gasteiger partial charge in [-0.05, 0) is 37.6 Å². The predicted molar refractivity (Wildman–Crippen MR) is 72.8 cm³/mol. The topological polar surface area (TPSA) is 37.3 Å². The van der Waals surface area contributed by atoms with Crippen molar-refractivity contribution < 1.29 is 9.32 Å². The van der Waals surface area contributed by atoms with Crippen molar-refractivity contribution in [3.63, 3.8) is 0 Å². The van der Waals surface area contributed by atoms with E-state index in [2.05, 4.69) is 0 Å². The zero-order valence-corrected chi connectivity index (χ0v) is 11.3. The molecule has 0 spiro atoms. The van der Waals surface area contributed by atoms with Gasteiger partial charge in [-0.25, -0.2) is 4.21 Å². The Bertz CT molecular complexity index is 556. The third-order valence-electron chi connectivity index (χ3n) is 2.70. The first-order valence-corrected chi connectivity index (χ1v) is 6.94. The summed E-state index contributed by atoms with van der Waals surface area (Å²) in [5.41, 5.74) is -0.298. The molecule has 2 aromatic rings. The Morgan fingerprint density at radius 1 is 0.944 bits per heavy atom. The van der Waals surface area contributed by atoms with Crippen LogP contribution < -0.4 is 0 Å². The maximum absolute atomic E-state index is 12.5. The van der Waals surface area contributed by atoms with Crippen molar-refractivity contribution in [1.82, 2.24) is 0 Å². The molecule has 0 aliphatic heterocycles. The lowest BCUT2D eigenvalue weighted by Crippen LogP contribution is -2.18. The maximum atomic E-state index is 12.5. The Kier molecular flexibility index (Phi) is 3.64. The summed E-state index contributed by atoms with van der Waals surface area (Å²) in [6.45, 7) is 3.40. The molecular formula is C15H16O2S. The molecule has 2 aromatic carbocycles. The van der Waals surface area contributed by atoms with E-state index in [0.717, 1.165) is 4.90 Å². The molecule has 2 rings (SSSR count). The first-order chi connectivity index (χ1) is 8.50. The summed E-state index contributed by atoms with van der Waals surface area (Å²) in [6.07, 6.45) is 0. The molecular weight excluding hydrogens is 244 g/mol. The van der Waals surface area contributed by atoms with E-state index in [1.807, 2.05) is 48.5 Å². The molecule has 0 bridgehead atoms. The van der Waals surface area contributed by atoms with Crippen LogP contribution in [0.15, 0.2) is 64.4 Å². The molecule has 0 aromatic heterocycles. The van der Waals surface area contributed by atoms with Gasteiger partial charge in [-0.15, -0.1) is 0 Å². The summed E-state index contributed by atoms with van der Waals surface area (Å²) in [5.74, 6) is 0. The SMILES string of the molecule is CC(C)(O)c1ccccc1S(=O)c1ccccc1. The van der Waals surface area contributed by atoms with Crippen LogP contribution in [0.25, 0.3) is 0 Å². The first kappa shape index (κ1) is 13.0. The number of hydrogen-bond donors (Lipinski definition) is 1. The van der Waals surface area contributed by atoms with Crippen LogP contribution in [0.4, 0.5) is 0 Å². The lowest BCUT2D eigenvalue weighted by molar-refractivity contribution is 0.0756. The van der Waals surface area contributed by atoms with Crippen LogP contribution in [0.5, 0.6) is 0 Å². The highest BCUT2D eigenvalue weighted by Crippen LogP contribution is 2.28. The summed E-state index contributed by atoms with van der Waals surface area (Å²) in [6, 6.07) is 16.6. The molecule has 0 saturated carbocycles. The second-order valence-corrected chi connectivity index (χ2v) is 6.09. The lowest BCUT2D eigenvalue weighted by atomic mass is 9.99. The van der Waals surface area contributed by atoms with E-state index in [4.69, 9.17) is 0 Å². The van der Waals surface area contributed by atoms with Gasteiger partial charge < -0.3 is 5.11 Å². The quantitative estimate of drug-likeness (QED) is 0.921. The molecule has 3 heteroatoms. The van der Waals surface area contributed by atoms with Crippen LogP contribution in [0.3, 0.4) is 0 Å². The second-order valence-electron chi connectivity index (χ2n) is 4.64. The number of benzene rings is 2. The van der Waals surface area contributed by atoms with Gasteiger partial charge in [0.2, 0.25) is 0 Å². The fourth-order valence-electron chi connectivity index (χ4n) is 1.80. The van der Waals surface area contributed by atoms with Crippen molar-refractivity contribution in [3.8, 4) is 0 Å². The van der Waals surface area contributed by atoms with E-state index in [-0.39, 0.29) is 0 Å². The Balaban J connectivity index is 2.50.